The summed E-state index contributed by atoms with van der Waals surface area (Å²) >= 11 is 6.43. The fourth-order valence-corrected chi connectivity index (χ4v) is 3.56. The maximum atomic E-state index is 6.64. The molecule has 2 fully saturated rings. The normalized spacial score (nSPS) is 31.1. The van der Waals surface area contributed by atoms with E-state index in [0.717, 1.165) is 42.3 Å². The summed E-state index contributed by atoms with van der Waals surface area (Å²) in [6.07, 6.45) is 5.23. The average Bonchev–Trinajstić information content (AvgIpc) is 3.10. The van der Waals surface area contributed by atoms with Crippen molar-refractivity contribution in [3.8, 4) is 0 Å². The molecule has 2 unspecified atom stereocenters. The first-order valence-electron chi connectivity index (χ1n) is 7.16. The SMILES string of the molecule is CCc1nn(C)c(CC2(N)CCOC2C2CC2)c1Cl. The molecule has 4 nitrogen and oxygen atoms in total. The van der Waals surface area contributed by atoms with Crippen LogP contribution in [0.3, 0.4) is 0 Å². The Hall–Kier alpha value is -0.580. The van der Waals surface area contributed by atoms with Crippen LogP contribution in [0.5, 0.6) is 0 Å². The zero-order valence-corrected chi connectivity index (χ0v) is 12.4. The predicted molar refractivity (Wildman–Crippen MR) is 75.3 cm³/mol. The fraction of sp³-hybridized carbons (Fsp3) is 0.786. The van der Waals surface area contributed by atoms with Crippen LogP contribution in [0, 0.1) is 5.92 Å². The van der Waals surface area contributed by atoms with E-state index in [2.05, 4.69) is 12.0 Å². The van der Waals surface area contributed by atoms with Crippen molar-refractivity contribution < 1.29 is 4.74 Å². The molecule has 106 valence electrons. The molecule has 2 N–H and O–H groups in total. The molecule has 1 aromatic heterocycles. The molecule has 1 aromatic rings. The van der Waals surface area contributed by atoms with Crippen molar-refractivity contribution >= 4 is 11.6 Å². The van der Waals surface area contributed by atoms with Crippen LogP contribution in [-0.4, -0.2) is 28.0 Å². The summed E-state index contributed by atoms with van der Waals surface area (Å²) < 4.78 is 7.77. The molecule has 1 aliphatic heterocycles. The third-order valence-electron chi connectivity index (χ3n) is 4.48. The summed E-state index contributed by atoms with van der Waals surface area (Å²) in [7, 11) is 1.95. The summed E-state index contributed by atoms with van der Waals surface area (Å²) in [6, 6.07) is 0. The molecule has 1 aliphatic carbocycles. The Morgan fingerprint density at radius 1 is 1.53 bits per heavy atom. The first-order valence-corrected chi connectivity index (χ1v) is 7.53. The van der Waals surface area contributed by atoms with Gasteiger partial charge in [-0.3, -0.25) is 4.68 Å². The van der Waals surface area contributed by atoms with Gasteiger partial charge in [-0.05, 0) is 31.6 Å². The highest BCUT2D eigenvalue weighted by Gasteiger charge is 2.49. The number of aryl methyl sites for hydroxylation is 2. The van der Waals surface area contributed by atoms with Crippen LogP contribution in [0.25, 0.3) is 0 Å². The second-order valence-corrected chi connectivity index (χ2v) is 6.35. The van der Waals surface area contributed by atoms with Gasteiger partial charge in [0.25, 0.3) is 0 Å². The van der Waals surface area contributed by atoms with Crippen molar-refractivity contribution in [3.63, 3.8) is 0 Å². The standard InChI is InChI=1S/C14H22ClN3O/c1-3-10-12(15)11(18(2)17-10)8-14(16)6-7-19-13(14)9-4-5-9/h9,13H,3-8,16H2,1-2H3. The van der Waals surface area contributed by atoms with E-state index in [1.807, 2.05) is 11.7 Å². The van der Waals surface area contributed by atoms with Crippen molar-refractivity contribution in [1.82, 2.24) is 9.78 Å². The van der Waals surface area contributed by atoms with E-state index in [0.29, 0.717) is 5.92 Å². The summed E-state index contributed by atoms with van der Waals surface area (Å²) in [4.78, 5) is 0. The lowest BCUT2D eigenvalue weighted by Gasteiger charge is -2.30. The topological polar surface area (TPSA) is 53.1 Å². The fourth-order valence-electron chi connectivity index (χ4n) is 3.20. The first kappa shape index (κ1) is 13.4. The molecule has 0 bridgehead atoms. The van der Waals surface area contributed by atoms with Crippen molar-refractivity contribution in [3.05, 3.63) is 16.4 Å². The van der Waals surface area contributed by atoms with Crippen LogP contribution in [0.2, 0.25) is 5.02 Å². The van der Waals surface area contributed by atoms with Crippen molar-refractivity contribution in [2.24, 2.45) is 18.7 Å². The van der Waals surface area contributed by atoms with Gasteiger partial charge in [0.15, 0.2) is 0 Å². The van der Waals surface area contributed by atoms with Gasteiger partial charge in [-0.25, -0.2) is 0 Å². The second kappa shape index (κ2) is 4.76. The minimum Gasteiger partial charge on any atom is -0.376 e. The van der Waals surface area contributed by atoms with Gasteiger partial charge in [-0.1, -0.05) is 18.5 Å². The Bertz CT molecular complexity index is 483. The number of rotatable bonds is 4. The van der Waals surface area contributed by atoms with Gasteiger partial charge in [0.1, 0.15) is 0 Å². The Labute approximate surface area is 119 Å². The highest BCUT2D eigenvalue weighted by molar-refractivity contribution is 6.31. The molecule has 1 saturated carbocycles. The van der Waals surface area contributed by atoms with Gasteiger partial charge in [0.05, 0.1) is 28.1 Å². The van der Waals surface area contributed by atoms with Gasteiger partial charge in [0, 0.05) is 20.1 Å². The smallest absolute Gasteiger partial charge is 0.0850 e. The molecular weight excluding hydrogens is 262 g/mol. The second-order valence-electron chi connectivity index (χ2n) is 5.97. The third-order valence-corrected chi connectivity index (χ3v) is 4.92. The van der Waals surface area contributed by atoms with E-state index in [-0.39, 0.29) is 11.6 Å². The monoisotopic (exact) mass is 283 g/mol. The number of nitrogens with zero attached hydrogens (tertiary/aromatic N) is 2. The van der Waals surface area contributed by atoms with E-state index in [1.54, 1.807) is 0 Å². The molecule has 2 heterocycles. The van der Waals surface area contributed by atoms with Gasteiger partial charge < -0.3 is 10.5 Å². The van der Waals surface area contributed by atoms with E-state index in [9.17, 15) is 0 Å². The highest BCUT2D eigenvalue weighted by atomic mass is 35.5. The highest BCUT2D eigenvalue weighted by Crippen LogP contribution is 2.44. The number of ether oxygens (including phenoxy) is 1. The molecular formula is C14H22ClN3O. The zero-order chi connectivity index (χ0) is 13.6. The van der Waals surface area contributed by atoms with Crippen LogP contribution in [0.15, 0.2) is 0 Å². The van der Waals surface area contributed by atoms with Crippen molar-refractivity contribution in [2.75, 3.05) is 6.61 Å². The lowest BCUT2D eigenvalue weighted by molar-refractivity contribution is 0.0622. The average molecular weight is 284 g/mol. The van der Waals surface area contributed by atoms with Gasteiger partial charge >= 0.3 is 0 Å². The number of halogens is 1. The van der Waals surface area contributed by atoms with Gasteiger partial charge in [-0.15, -0.1) is 0 Å². The zero-order valence-electron chi connectivity index (χ0n) is 11.7. The summed E-state index contributed by atoms with van der Waals surface area (Å²) in [6.45, 7) is 2.84. The first-order chi connectivity index (χ1) is 9.05. The van der Waals surface area contributed by atoms with Crippen LogP contribution in [0.4, 0.5) is 0 Å². The number of nitrogens with two attached hydrogens (primary N) is 1. The van der Waals surface area contributed by atoms with E-state index >= 15 is 0 Å². The van der Waals surface area contributed by atoms with Crippen molar-refractivity contribution in [2.45, 2.75) is 50.7 Å². The largest absolute Gasteiger partial charge is 0.376 e. The Kier molecular flexibility index (Phi) is 3.36. The van der Waals surface area contributed by atoms with Gasteiger partial charge in [0.2, 0.25) is 0 Å². The quantitative estimate of drug-likeness (QED) is 0.920. The Morgan fingerprint density at radius 3 is 2.84 bits per heavy atom. The Balaban J connectivity index is 1.85. The molecule has 2 atom stereocenters. The molecule has 19 heavy (non-hydrogen) atoms. The van der Waals surface area contributed by atoms with Crippen LogP contribution in [-0.2, 0) is 24.6 Å². The lowest BCUT2D eigenvalue weighted by atomic mass is 9.85. The maximum Gasteiger partial charge on any atom is 0.0850 e. The minimum absolute atomic E-state index is 0.198. The molecule has 1 saturated heterocycles. The summed E-state index contributed by atoms with van der Waals surface area (Å²) in [5, 5.41) is 5.26. The predicted octanol–water partition coefficient (Wildman–Crippen LogP) is 2.07. The molecule has 5 heteroatoms. The maximum absolute atomic E-state index is 6.64. The molecule has 0 amide bonds. The van der Waals surface area contributed by atoms with E-state index in [4.69, 9.17) is 22.1 Å². The van der Waals surface area contributed by atoms with Crippen LogP contribution >= 0.6 is 11.6 Å². The molecule has 0 spiro atoms. The van der Waals surface area contributed by atoms with Crippen molar-refractivity contribution in [1.29, 1.82) is 0 Å². The van der Waals surface area contributed by atoms with Crippen LogP contribution in [0.1, 0.15) is 37.6 Å². The Morgan fingerprint density at radius 2 is 2.26 bits per heavy atom. The molecule has 0 aromatic carbocycles. The summed E-state index contributed by atoms with van der Waals surface area (Å²) in [5.74, 6) is 0.658. The van der Waals surface area contributed by atoms with E-state index in [1.165, 1.54) is 12.8 Å². The number of aromatic nitrogens is 2. The molecule has 2 aliphatic rings. The molecule has 0 radical (unpaired) electrons. The van der Waals surface area contributed by atoms with Crippen LogP contribution < -0.4 is 5.73 Å². The summed E-state index contributed by atoms with van der Waals surface area (Å²) in [5.41, 5.74) is 8.38. The third kappa shape index (κ3) is 2.30. The molecule has 3 rings (SSSR count). The number of hydrogen-bond donors (Lipinski definition) is 1. The van der Waals surface area contributed by atoms with E-state index < -0.39 is 0 Å². The minimum atomic E-state index is -0.274. The lowest BCUT2D eigenvalue weighted by Crippen LogP contribution is -2.50. The van der Waals surface area contributed by atoms with Gasteiger partial charge in [-0.2, -0.15) is 5.10 Å². The number of hydrogen-bond acceptors (Lipinski definition) is 3.